The first-order chi connectivity index (χ1) is 16.7. The van der Waals surface area contributed by atoms with Crippen LogP contribution in [0.25, 0.3) is 0 Å². The van der Waals surface area contributed by atoms with Gasteiger partial charge in [-0.1, -0.05) is 49.4 Å². The Labute approximate surface area is 207 Å². The average molecular weight is 500 g/mol. The van der Waals surface area contributed by atoms with E-state index in [0.717, 1.165) is 9.87 Å². The van der Waals surface area contributed by atoms with Gasteiger partial charge in [-0.15, -0.1) is 0 Å². The zero-order chi connectivity index (χ0) is 25.6. The van der Waals surface area contributed by atoms with Crippen LogP contribution in [0.5, 0.6) is 0 Å². The predicted molar refractivity (Wildman–Crippen MR) is 133 cm³/mol. The van der Waals surface area contributed by atoms with Crippen LogP contribution in [-0.2, 0) is 26.0 Å². The summed E-state index contributed by atoms with van der Waals surface area (Å²) in [6.07, 6.45) is 1.23. The van der Waals surface area contributed by atoms with Gasteiger partial charge in [-0.25, -0.2) is 12.7 Å². The number of hydrogen-bond donors (Lipinski definition) is 1. The Balaban J connectivity index is 1.70. The molecule has 0 aromatic heterocycles. The van der Waals surface area contributed by atoms with Gasteiger partial charge in [0.05, 0.1) is 5.56 Å². The van der Waals surface area contributed by atoms with Crippen LogP contribution in [0, 0.1) is 0 Å². The Morgan fingerprint density at radius 2 is 1.69 bits per heavy atom. The van der Waals surface area contributed by atoms with Crippen molar-refractivity contribution < 1.29 is 22.8 Å². The maximum absolute atomic E-state index is 13.3. The molecular weight excluding hydrogens is 466 g/mol. The molecule has 0 spiro atoms. The highest BCUT2D eigenvalue weighted by Gasteiger charge is 2.40. The standard InChI is InChI=1S/C26H33N3O5S/c1-4-22(25(31)27-19(2)3)28(18-16-20-11-6-5-7-12-20)24(30)15-10-17-29-26(32)21-13-8-9-14-23(21)35(29,33)34/h5-9,11-14,19,22H,4,10,15-18H2,1-3H3,(H,27,31)/t22-/m1/s1. The number of hydrogen-bond acceptors (Lipinski definition) is 5. The summed E-state index contributed by atoms with van der Waals surface area (Å²) < 4.78 is 26.4. The van der Waals surface area contributed by atoms with E-state index in [9.17, 15) is 22.8 Å². The van der Waals surface area contributed by atoms with E-state index in [2.05, 4.69) is 5.32 Å². The molecule has 188 valence electrons. The van der Waals surface area contributed by atoms with E-state index in [-0.39, 0.29) is 47.7 Å². The number of nitrogens with zero attached hydrogens (tertiary/aromatic N) is 2. The first-order valence-corrected chi connectivity index (χ1v) is 13.4. The maximum atomic E-state index is 13.3. The van der Waals surface area contributed by atoms with Crippen molar-refractivity contribution >= 4 is 27.7 Å². The summed E-state index contributed by atoms with van der Waals surface area (Å²) in [5.74, 6) is -1.03. The van der Waals surface area contributed by atoms with Crippen LogP contribution >= 0.6 is 0 Å². The summed E-state index contributed by atoms with van der Waals surface area (Å²) >= 11 is 0. The number of fused-ring (bicyclic) bond motifs is 1. The quantitative estimate of drug-likeness (QED) is 0.512. The third-order valence-electron chi connectivity index (χ3n) is 5.96. The second kappa shape index (κ2) is 11.5. The van der Waals surface area contributed by atoms with Crippen LogP contribution in [0.3, 0.4) is 0 Å². The molecule has 0 saturated heterocycles. The van der Waals surface area contributed by atoms with E-state index in [1.165, 1.54) is 12.1 Å². The summed E-state index contributed by atoms with van der Waals surface area (Å²) in [5.41, 5.74) is 1.20. The largest absolute Gasteiger partial charge is 0.352 e. The molecule has 0 fully saturated rings. The Morgan fingerprint density at radius 1 is 1.03 bits per heavy atom. The molecule has 0 aliphatic carbocycles. The molecular formula is C26H33N3O5S. The van der Waals surface area contributed by atoms with Crippen LogP contribution in [0.1, 0.15) is 56.0 Å². The fourth-order valence-corrected chi connectivity index (χ4v) is 5.85. The molecule has 1 heterocycles. The molecule has 2 aromatic carbocycles. The number of rotatable bonds is 11. The monoisotopic (exact) mass is 499 g/mol. The van der Waals surface area contributed by atoms with Crippen molar-refractivity contribution in [1.29, 1.82) is 0 Å². The molecule has 35 heavy (non-hydrogen) atoms. The van der Waals surface area contributed by atoms with Crippen molar-refractivity contribution in [2.24, 2.45) is 0 Å². The van der Waals surface area contributed by atoms with Crippen molar-refractivity contribution in [2.45, 2.75) is 63.4 Å². The summed E-state index contributed by atoms with van der Waals surface area (Å²) in [5, 5.41) is 2.89. The van der Waals surface area contributed by atoms with E-state index in [1.807, 2.05) is 51.1 Å². The highest BCUT2D eigenvalue weighted by molar-refractivity contribution is 7.90. The van der Waals surface area contributed by atoms with E-state index in [4.69, 9.17) is 0 Å². The molecule has 1 N–H and O–H groups in total. The molecule has 3 amide bonds. The number of carbonyl (C=O) groups excluding carboxylic acids is 3. The van der Waals surface area contributed by atoms with Crippen LogP contribution in [-0.4, -0.2) is 60.5 Å². The molecule has 0 bridgehead atoms. The van der Waals surface area contributed by atoms with Crippen LogP contribution in [0.15, 0.2) is 59.5 Å². The van der Waals surface area contributed by atoms with E-state index >= 15 is 0 Å². The highest BCUT2D eigenvalue weighted by Crippen LogP contribution is 2.30. The first-order valence-electron chi connectivity index (χ1n) is 12.0. The van der Waals surface area contributed by atoms with Crippen molar-refractivity contribution in [3.63, 3.8) is 0 Å². The minimum atomic E-state index is -3.91. The van der Waals surface area contributed by atoms with E-state index in [1.54, 1.807) is 17.0 Å². The van der Waals surface area contributed by atoms with Gasteiger partial charge in [0, 0.05) is 25.6 Å². The minimum Gasteiger partial charge on any atom is -0.352 e. The lowest BCUT2D eigenvalue weighted by molar-refractivity contribution is -0.141. The fraction of sp³-hybridized carbons (Fsp3) is 0.423. The van der Waals surface area contributed by atoms with Crippen molar-refractivity contribution in [3.05, 3.63) is 65.7 Å². The summed E-state index contributed by atoms with van der Waals surface area (Å²) in [7, 11) is -3.91. The highest BCUT2D eigenvalue weighted by atomic mass is 32.2. The smallest absolute Gasteiger partial charge is 0.269 e. The Hall–Kier alpha value is -3.20. The maximum Gasteiger partial charge on any atom is 0.269 e. The molecule has 1 aliphatic heterocycles. The van der Waals surface area contributed by atoms with Crippen LogP contribution in [0.2, 0.25) is 0 Å². The average Bonchev–Trinajstić information content (AvgIpc) is 3.02. The number of nitrogens with one attached hydrogen (secondary N) is 1. The lowest BCUT2D eigenvalue weighted by atomic mass is 10.1. The lowest BCUT2D eigenvalue weighted by Gasteiger charge is -2.31. The molecule has 1 aliphatic rings. The topological polar surface area (TPSA) is 104 Å². The zero-order valence-corrected chi connectivity index (χ0v) is 21.3. The Bertz CT molecular complexity index is 1160. The molecule has 8 nitrogen and oxygen atoms in total. The van der Waals surface area contributed by atoms with Gasteiger partial charge in [-0.3, -0.25) is 14.4 Å². The third-order valence-corrected chi connectivity index (χ3v) is 7.81. The van der Waals surface area contributed by atoms with Gasteiger partial charge in [-0.05, 0) is 50.8 Å². The minimum absolute atomic E-state index is 0.00258. The van der Waals surface area contributed by atoms with Crippen molar-refractivity contribution in [1.82, 2.24) is 14.5 Å². The number of benzene rings is 2. The second-order valence-corrected chi connectivity index (χ2v) is 10.7. The zero-order valence-electron chi connectivity index (χ0n) is 20.4. The molecule has 3 rings (SSSR count). The number of carbonyl (C=O) groups is 3. The molecule has 0 saturated carbocycles. The van der Waals surface area contributed by atoms with Crippen LogP contribution < -0.4 is 5.32 Å². The predicted octanol–water partition coefficient (Wildman–Crippen LogP) is 2.99. The van der Waals surface area contributed by atoms with E-state index < -0.39 is 22.0 Å². The summed E-state index contributed by atoms with van der Waals surface area (Å²) in [4.78, 5) is 40.3. The van der Waals surface area contributed by atoms with Gasteiger partial charge in [0.25, 0.3) is 15.9 Å². The van der Waals surface area contributed by atoms with Gasteiger partial charge >= 0.3 is 0 Å². The van der Waals surface area contributed by atoms with Gasteiger partial charge < -0.3 is 10.2 Å². The molecule has 0 radical (unpaired) electrons. The van der Waals surface area contributed by atoms with E-state index in [0.29, 0.717) is 19.4 Å². The SMILES string of the molecule is CC[C@H](C(=O)NC(C)C)N(CCc1ccccc1)C(=O)CCCN1C(=O)c2ccccc2S1(=O)=O. The van der Waals surface area contributed by atoms with Crippen LogP contribution in [0.4, 0.5) is 0 Å². The summed E-state index contributed by atoms with van der Waals surface area (Å²) in [6, 6.07) is 15.1. The molecule has 9 heteroatoms. The summed E-state index contributed by atoms with van der Waals surface area (Å²) in [6.45, 7) is 5.86. The number of amides is 3. The van der Waals surface area contributed by atoms with Gasteiger partial charge in [0.15, 0.2) is 0 Å². The van der Waals surface area contributed by atoms with Crippen molar-refractivity contribution in [2.75, 3.05) is 13.1 Å². The Kier molecular flexibility index (Phi) is 8.67. The van der Waals surface area contributed by atoms with Gasteiger partial charge in [0.2, 0.25) is 11.8 Å². The van der Waals surface area contributed by atoms with Gasteiger partial charge in [0.1, 0.15) is 10.9 Å². The third kappa shape index (κ3) is 6.08. The molecule has 1 atom stereocenters. The molecule has 0 unspecified atom stereocenters. The van der Waals surface area contributed by atoms with Gasteiger partial charge in [-0.2, -0.15) is 0 Å². The second-order valence-electron chi connectivity index (χ2n) is 8.89. The Morgan fingerprint density at radius 3 is 2.31 bits per heavy atom. The molecule has 2 aromatic rings. The number of sulfonamides is 1. The fourth-order valence-electron chi connectivity index (χ4n) is 4.25. The normalized spacial score (nSPS) is 15.1. The van der Waals surface area contributed by atoms with Crippen molar-refractivity contribution in [3.8, 4) is 0 Å². The first kappa shape index (κ1) is 26.4. The lowest BCUT2D eigenvalue weighted by Crippen LogP contribution is -2.51.